The van der Waals surface area contributed by atoms with Crippen molar-refractivity contribution in [3.05, 3.63) is 48.0 Å². The van der Waals surface area contributed by atoms with Crippen LogP contribution in [-0.2, 0) is 25.1 Å². The van der Waals surface area contributed by atoms with Gasteiger partial charge in [-0.1, -0.05) is 44.9 Å². The van der Waals surface area contributed by atoms with Gasteiger partial charge in [-0.15, -0.1) is 23.5 Å². The zero-order valence-electron chi connectivity index (χ0n) is 20.5. The smallest absolute Gasteiger partial charge is 0.315 e. The first-order chi connectivity index (χ1) is 16.2. The van der Waals surface area contributed by atoms with Crippen molar-refractivity contribution in [1.29, 1.82) is 0 Å². The summed E-state index contributed by atoms with van der Waals surface area (Å²) >= 11 is 3.06. The van der Waals surface area contributed by atoms with Gasteiger partial charge in [0.25, 0.3) is 0 Å². The summed E-state index contributed by atoms with van der Waals surface area (Å²) in [6, 6.07) is 13.9. The molecule has 0 saturated carbocycles. The minimum atomic E-state index is -3.51. The predicted molar refractivity (Wildman–Crippen MR) is 144 cm³/mol. The SMILES string of the molecule is CCCCC1(C)CN(c2ccccc2)c2cc(SC)c(CSCC(=O)OCC)cc2S(=O)(=O)C1. The largest absolute Gasteiger partial charge is 0.465 e. The lowest BCUT2D eigenvalue weighted by Crippen LogP contribution is -2.35. The third kappa shape index (κ3) is 6.52. The number of fused-ring (bicyclic) bond motifs is 1. The molecular weight excluding hydrogens is 486 g/mol. The Kier molecular flexibility index (Phi) is 9.41. The van der Waals surface area contributed by atoms with Crippen molar-refractivity contribution in [1.82, 2.24) is 0 Å². The number of thioether (sulfide) groups is 2. The van der Waals surface area contributed by atoms with Crippen molar-refractivity contribution in [2.75, 3.05) is 35.8 Å². The van der Waals surface area contributed by atoms with Gasteiger partial charge in [0.1, 0.15) is 0 Å². The van der Waals surface area contributed by atoms with E-state index in [2.05, 4.69) is 18.7 Å². The maximum absolute atomic E-state index is 13.8. The van der Waals surface area contributed by atoms with E-state index in [9.17, 15) is 13.2 Å². The first-order valence-electron chi connectivity index (χ1n) is 11.7. The molecule has 0 aliphatic carbocycles. The highest BCUT2D eigenvalue weighted by Gasteiger charge is 2.39. The Morgan fingerprint density at radius 3 is 2.56 bits per heavy atom. The quantitative estimate of drug-likeness (QED) is 0.267. The van der Waals surface area contributed by atoms with Gasteiger partial charge in [-0.3, -0.25) is 4.79 Å². The van der Waals surface area contributed by atoms with Gasteiger partial charge in [0, 0.05) is 22.9 Å². The van der Waals surface area contributed by atoms with Crippen LogP contribution in [0.15, 0.2) is 52.3 Å². The average Bonchev–Trinajstić information content (AvgIpc) is 2.89. The number of hydrogen-bond donors (Lipinski definition) is 0. The van der Waals surface area contributed by atoms with E-state index < -0.39 is 9.84 Å². The highest BCUT2D eigenvalue weighted by atomic mass is 32.2. The Hall–Kier alpha value is -1.64. The van der Waals surface area contributed by atoms with Gasteiger partial charge < -0.3 is 9.64 Å². The van der Waals surface area contributed by atoms with Crippen LogP contribution in [0.4, 0.5) is 11.4 Å². The Balaban J connectivity index is 2.07. The zero-order chi connectivity index (χ0) is 24.8. The van der Waals surface area contributed by atoms with Crippen molar-refractivity contribution in [3.8, 4) is 0 Å². The number of ether oxygens (including phenoxy) is 1. The number of carbonyl (C=O) groups excluding carboxylic acids is 1. The van der Waals surface area contributed by atoms with Crippen molar-refractivity contribution >= 4 is 50.7 Å². The van der Waals surface area contributed by atoms with E-state index in [1.165, 1.54) is 11.8 Å². The third-order valence-electron chi connectivity index (χ3n) is 6.05. The fourth-order valence-electron chi connectivity index (χ4n) is 4.44. The highest BCUT2D eigenvalue weighted by Crippen LogP contribution is 2.44. The van der Waals surface area contributed by atoms with Gasteiger partial charge >= 0.3 is 5.97 Å². The van der Waals surface area contributed by atoms with Gasteiger partial charge in [0.15, 0.2) is 9.84 Å². The van der Waals surface area contributed by atoms with Gasteiger partial charge in [-0.2, -0.15) is 0 Å². The molecule has 1 atom stereocenters. The molecule has 3 rings (SSSR count). The number of unbranched alkanes of at least 4 members (excludes halogenated alkanes) is 1. The molecule has 1 heterocycles. The zero-order valence-corrected chi connectivity index (χ0v) is 23.0. The molecule has 2 aromatic rings. The lowest BCUT2D eigenvalue weighted by molar-refractivity contribution is -0.139. The summed E-state index contributed by atoms with van der Waals surface area (Å²) in [5.74, 6) is 0.680. The van der Waals surface area contributed by atoms with Crippen molar-refractivity contribution in [2.24, 2.45) is 5.41 Å². The summed E-state index contributed by atoms with van der Waals surface area (Å²) in [7, 11) is -3.51. The molecule has 0 N–H and O–H groups in total. The molecule has 0 bridgehead atoms. The van der Waals surface area contributed by atoms with Gasteiger partial charge in [0.2, 0.25) is 0 Å². The molecule has 0 radical (unpaired) electrons. The maximum Gasteiger partial charge on any atom is 0.315 e. The van der Waals surface area contributed by atoms with Crippen LogP contribution in [0.1, 0.15) is 45.6 Å². The van der Waals surface area contributed by atoms with Crippen LogP contribution in [0.3, 0.4) is 0 Å². The van der Waals surface area contributed by atoms with Crippen LogP contribution in [0.2, 0.25) is 0 Å². The minimum absolute atomic E-state index is 0.129. The fraction of sp³-hybridized carbons (Fsp3) is 0.500. The lowest BCUT2D eigenvalue weighted by Gasteiger charge is -2.34. The van der Waals surface area contributed by atoms with Gasteiger partial charge in [-0.25, -0.2) is 8.42 Å². The summed E-state index contributed by atoms with van der Waals surface area (Å²) in [5.41, 5.74) is 2.33. The molecule has 0 aromatic heterocycles. The van der Waals surface area contributed by atoms with Crippen LogP contribution in [0.25, 0.3) is 0 Å². The second kappa shape index (κ2) is 11.9. The highest BCUT2D eigenvalue weighted by molar-refractivity contribution is 7.99. The van der Waals surface area contributed by atoms with E-state index >= 15 is 0 Å². The molecule has 8 heteroatoms. The number of hydrogen-bond acceptors (Lipinski definition) is 7. The van der Waals surface area contributed by atoms with Crippen LogP contribution in [0.5, 0.6) is 0 Å². The second-order valence-corrected chi connectivity index (χ2v) is 12.8. The molecule has 1 aliphatic heterocycles. The first kappa shape index (κ1) is 27.0. The summed E-state index contributed by atoms with van der Waals surface area (Å²) < 4.78 is 32.5. The monoisotopic (exact) mass is 521 g/mol. The molecule has 34 heavy (non-hydrogen) atoms. The molecule has 1 aliphatic rings. The van der Waals surface area contributed by atoms with Crippen molar-refractivity contribution in [2.45, 2.75) is 55.6 Å². The summed E-state index contributed by atoms with van der Waals surface area (Å²) in [5, 5.41) is 0. The number of anilines is 2. The second-order valence-electron chi connectivity index (χ2n) is 9.02. The standard InChI is InChI=1S/C26H35NO4S3/c1-5-7-13-26(3)18-27(21-11-9-8-10-12-21)22-15-23(32-4)20(14-24(22)34(29,30)19-26)16-33-17-25(28)31-6-2/h8-12,14-15H,5-7,13,16-19H2,1-4H3. The molecule has 0 saturated heterocycles. The topological polar surface area (TPSA) is 63.7 Å². The van der Waals surface area contributed by atoms with Crippen molar-refractivity contribution < 1.29 is 17.9 Å². The Bertz CT molecular complexity index is 1090. The number of sulfone groups is 1. The average molecular weight is 522 g/mol. The van der Waals surface area contributed by atoms with E-state index in [1.54, 1.807) is 18.7 Å². The van der Waals surface area contributed by atoms with Crippen LogP contribution < -0.4 is 4.90 Å². The minimum Gasteiger partial charge on any atom is -0.465 e. The van der Waals surface area contributed by atoms with Crippen molar-refractivity contribution in [3.63, 3.8) is 0 Å². The number of rotatable bonds is 10. The Labute approximate surface area is 212 Å². The summed E-state index contributed by atoms with van der Waals surface area (Å²) in [4.78, 5) is 15.4. The Morgan fingerprint density at radius 1 is 1.18 bits per heavy atom. The number of nitrogens with zero attached hydrogens (tertiary/aromatic N) is 1. The lowest BCUT2D eigenvalue weighted by atomic mass is 9.86. The van der Waals surface area contributed by atoms with Crippen LogP contribution >= 0.6 is 23.5 Å². The number of benzene rings is 2. The molecular formula is C26H35NO4S3. The fourth-order valence-corrected chi connectivity index (χ4v) is 8.09. The number of para-hydroxylation sites is 1. The molecule has 0 amide bonds. The molecule has 186 valence electrons. The third-order valence-corrected chi connectivity index (χ3v) is 9.90. The molecule has 0 fully saturated rings. The Morgan fingerprint density at radius 2 is 1.91 bits per heavy atom. The normalized spacial score (nSPS) is 19.4. The molecule has 2 aromatic carbocycles. The molecule has 0 spiro atoms. The molecule has 5 nitrogen and oxygen atoms in total. The first-order valence-corrected chi connectivity index (χ1v) is 15.8. The van der Waals surface area contributed by atoms with Crippen LogP contribution in [0, 0.1) is 5.41 Å². The molecule has 1 unspecified atom stereocenters. The van der Waals surface area contributed by atoms with Gasteiger partial charge in [0.05, 0.1) is 28.7 Å². The van der Waals surface area contributed by atoms with Crippen LogP contribution in [-0.4, -0.2) is 45.3 Å². The summed E-state index contributed by atoms with van der Waals surface area (Å²) in [6.07, 6.45) is 4.89. The van der Waals surface area contributed by atoms with E-state index in [0.717, 1.165) is 41.1 Å². The predicted octanol–water partition coefficient (Wildman–Crippen LogP) is 6.33. The maximum atomic E-state index is 13.8. The van der Waals surface area contributed by atoms with E-state index in [0.29, 0.717) is 23.8 Å². The number of carbonyl (C=O) groups is 1. The number of esters is 1. The summed E-state index contributed by atoms with van der Waals surface area (Å²) in [6.45, 7) is 7.04. The van der Waals surface area contributed by atoms with E-state index in [1.807, 2.05) is 48.7 Å². The van der Waals surface area contributed by atoms with E-state index in [4.69, 9.17) is 4.74 Å². The van der Waals surface area contributed by atoms with Gasteiger partial charge in [-0.05, 0) is 54.8 Å². The van der Waals surface area contributed by atoms with E-state index in [-0.39, 0.29) is 22.9 Å².